The Morgan fingerprint density at radius 3 is 2.88 bits per heavy atom. The molecule has 2 aliphatic rings. The highest BCUT2D eigenvalue weighted by Crippen LogP contribution is 2.31. The Bertz CT molecular complexity index is 480. The lowest BCUT2D eigenvalue weighted by atomic mass is 9.83. The zero-order valence-corrected chi connectivity index (χ0v) is 9.89. The second kappa shape index (κ2) is 4.62. The summed E-state index contributed by atoms with van der Waals surface area (Å²) in [5, 5.41) is 3.47. The van der Waals surface area contributed by atoms with Crippen molar-refractivity contribution in [2.45, 2.75) is 25.3 Å². The molecule has 3 rings (SSSR count). The molecule has 1 unspecified atom stereocenters. The Kier molecular flexibility index (Phi) is 2.83. The molecule has 1 fully saturated rings. The lowest BCUT2D eigenvalue weighted by Gasteiger charge is -2.30. The Hall–Kier alpha value is -1.76. The molecule has 17 heavy (non-hydrogen) atoms. The summed E-state index contributed by atoms with van der Waals surface area (Å²) in [6.07, 6.45) is 12.5. The smallest absolute Gasteiger partial charge is 0.0688 e. The molecule has 1 heteroatoms. The zero-order chi connectivity index (χ0) is 11.5. The highest BCUT2D eigenvalue weighted by atomic mass is 14.9. The first-order valence-corrected chi connectivity index (χ1v) is 6.31. The SMILES string of the molecule is C1=CNC2C(=C1)CCC/C2=C\c1ccccc1. The molecule has 1 aliphatic carbocycles. The van der Waals surface area contributed by atoms with Gasteiger partial charge in [-0.1, -0.05) is 42.5 Å². The maximum Gasteiger partial charge on any atom is 0.0688 e. The van der Waals surface area contributed by atoms with Crippen LogP contribution in [0.1, 0.15) is 24.8 Å². The van der Waals surface area contributed by atoms with E-state index in [9.17, 15) is 0 Å². The topological polar surface area (TPSA) is 12.0 Å². The summed E-state index contributed by atoms with van der Waals surface area (Å²) in [4.78, 5) is 0. The van der Waals surface area contributed by atoms with Crippen LogP contribution >= 0.6 is 0 Å². The Morgan fingerprint density at radius 2 is 2.00 bits per heavy atom. The summed E-state index contributed by atoms with van der Waals surface area (Å²) >= 11 is 0. The molecule has 0 spiro atoms. The molecule has 1 N–H and O–H groups in total. The van der Waals surface area contributed by atoms with Crippen molar-refractivity contribution >= 4 is 6.08 Å². The number of dihydropyridines is 1. The lowest BCUT2D eigenvalue weighted by molar-refractivity contribution is 0.600. The van der Waals surface area contributed by atoms with Crippen LogP contribution in [0.15, 0.2) is 59.8 Å². The number of rotatable bonds is 1. The van der Waals surface area contributed by atoms with Crippen molar-refractivity contribution in [3.8, 4) is 0 Å². The van der Waals surface area contributed by atoms with Gasteiger partial charge in [0.25, 0.3) is 0 Å². The summed E-state index contributed by atoms with van der Waals surface area (Å²) < 4.78 is 0. The minimum absolute atomic E-state index is 0.439. The predicted octanol–water partition coefficient (Wildman–Crippen LogP) is 3.67. The molecule has 86 valence electrons. The molecule has 1 aliphatic heterocycles. The van der Waals surface area contributed by atoms with Gasteiger partial charge >= 0.3 is 0 Å². The number of nitrogens with one attached hydrogen (secondary N) is 1. The van der Waals surface area contributed by atoms with Crippen LogP contribution in [0.25, 0.3) is 6.08 Å². The van der Waals surface area contributed by atoms with E-state index in [1.165, 1.54) is 36.0 Å². The summed E-state index contributed by atoms with van der Waals surface area (Å²) in [6.45, 7) is 0. The third-order valence-electron chi connectivity index (χ3n) is 3.49. The molecule has 1 heterocycles. The molecule has 0 amide bonds. The van der Waals surface area contributed by atoms with Crippen molar-refractivity contribution in [2.75, 3.05) is 0 Å². The number of allylic oxidation sites excluding steroid dienone is 2. The zero-order valence-electron chi connectivity index (χ0n) is 9.89. The van der Waals surface area contributed by atoms with E-state index in [4.69, 9.17) is 0 Å². The molecule has 0 aromatic heterocycles. The Morgan fingerprint density at radius 1 is 1.12 bits per heavy atom. The van der Waals surface area contributed by atoms with Crippen molar-refractivity contribution in [3.63, 3.8) is 0 Å². The lowest BCUT2D eigenvalue weighted by Crippen LogP contribution is -2.33. The van der Waals surface area contributed by atoms with Gasteiger partial charge in [0.2, 0.25) is 0 Å². The largest absolute Gasteiger partial charge is 0.381 e. The molecular weight excluding hydrogens is 206 g/mol. The van der Waals surface area contributed by atoms with E-state index in [1.807, 2.05) is 0 Å². The second-order valence-corrected chi connectivity index (χ2v) is 4.68. The molecule has 0 saturated heterocycles. The van der Waals surface area contributed by atoms with E-state index in [2.05, 4.69) is 60.1 Å². The molecule has 1 aromatic carbocycles. The number of hydrogen-bond acceptors (Lipinski definition) is 1. The van der Waals surface area contributed by atoms with Gasteiger partial charge in [0.05, 0.1) is 6.04 Å². The minimum atomic E-state index is 0.439. The van der Waals surface area contributed by atoms with Gasteiger partial charge in [-0.25, -0.2) is 0 Å². The van der Waals surface area contributed by atoms with E-state index >= 15 is 0 Å². The van der Waals surface area contributed by atoms with Crippen molar-refractivity contribution in [1.82, 2.24) is 5.32 Å². The second-order valence-electron chi connectivity index (χ2n) is 4.68. The van der Waals surface area contributed by atoms with Crippen LogP contribution < -0.4 is 5.32 Å². The van der Waals surface area contributed by atoms with Crippen molar-refractivity contribution in [3.05, 3.63) is 65.4 Å². The molecule has 1 nitrogen and oxygen atoms in total. The first-order valence-electron chi connectivity index (χ1n) is 6.31. The quantitative estimate of drug-likeness (QED) is 0.766. The van der Waals surface area contributed by atoms with Crippen LogP contribution in [0.5, 0.6) is 0 Å². The van der Waals surface area contributed by atoms with E-state index in [0.29, 0.717) is 6.04 Å². The average molecular weight is 223 g/mol. The summed E-state index contributed by atoms with van der Waals surface area (Å²) in [5.41, 5.74) is 4.35. The number of hydrogen-bond donors (Lipinski definition) is 1. The van der Waals surface area contributed by atoms with E-state index < -0.39 is 0 Å². The van der Waals surface area contributed by atoms with Crippen LogP contribution in [-0.2, 0) is 0 Å². The highest BCUT2D eigenvalue weighted by molar-refractivity contribution is 5.57. The van der Waals surface area contributed by atoms with E-state index in [-0.39, 0.29) is 0 Å². The fourth-order valence-electron chi connectivity index (χ4n) is 2.66. The van der Waals surface area contributed by atoms with Gasteiger partial charge in [-0.2, -0.15) is 0 Å². The molecular formula is C16H17N. The van der Waals surface area contributed by atoms with E-state index in [1.54, 1.807) is 0 Å². The van der Waals surface area contributed by atoms with Gasteiger partial charge in [0, 0.05) is 0 Å². The molecule has 1 aromatic rings. The highest BCUT2D eigenvalue weighted by Gasteiger charge is 2.23. The fourth-order valence-corrected chi connectivity index (χ4v) is 2.66. The molecule has 0 bridgehead atoms. The summed E-state index contributed by atoms with van der Waals surface area (Å²) in [7, 11) is 0. The van der Waals surface area contributed by atoms with Gasteiger partial charge in [-0.05, 0) is 48.2 Å². The van der Waals surface area contributed by atoms with Crippen molar-refractivity contribution in [1.29, 1.82) is 0 Å². The van der Waals surface area contributed by atoms with Crippen LogP contribution in [0.2, 0.25) is 0 Å². The molecule has 0 radical (unpaired) electrons. The Labute approximate surface area is 103 Å². The number of fused-ring (bicyclic) bond motifs is 1. The molecule has 1 saturated carbocycles. The maximum atomic E-state index is 3.47. The van der Waals surface area contributed by atoms with Crippen molar-refractivity contribution < 1.29 is 0 Å². The third-order valence-corrected chi connectivity index (χ3v) is 3.49. The summed E-state index contributed by atoms with van der Waals surface area (Å²) in [6, 6.07) is 11.0. The molecule has 1 atom stereocenters. The normalized spacial score (nSPS) is 25.1. The van der Waals surface area contributed by atoms with E-state index in [0.717, 1.165) is 0 Å². The van der Waals surface area contributed by atoms with Crippen LogP contribution in [0.4, 0.5) is 0 Å². The monoisotopic (exact) mass is 223 g/mol. The van der Waals surface area contributed by atoms with Gasteiger partial charge in [-0.3, -0.25) is 0 Å². The van der Waals surface area contributed by atoms with Crippen LogP contribution in [0, 0.1) is 0 Å². The third kappa shape index (κ3) is 2.19. The standard InChI is InChI=1S/C16H17N/c1-2-6-13(7-3-1)12-15-9-4-8-14-10-5-11-17-16(14)15/h1-3,5-7,10-12,16-17H,4,8-9H2/b15-12+. The minimum Gasteiger partial charge on any atom is -0.381 e. The predicted molar refractivity (Wildman–Crippen MR) is 72.4 cm³/mol. The first-order chi connectivity index (χ1) is 8.43. The van der Waals surface area contributed by atoms with Crippen LogP contribution in [-0.4, -0.2) is 6.04 Å². The summed E-state index contributed by atoms with van der Waals surface area (Å²) in [5.74, 6) is 0. The van der Waals surface area contributed by atoms with Crippen LogP contribution in [0.3, 0.4) is 0 Å². The number of benzene rings is 1. The van der Waals surface area contributed by atoms with Gasteiger partial charge < -0.3 is 5.32 Å². The van der Waals surface area contributed by atoms with Crippen molar-refractivity contribution in [2.24, 2.45) is 0 Å². The average Bonchev–Trinajstić information content (AvgIpc) is 2.40. The maximum absolute atomic E-state index is 3.47. The fraction of sp³-hybridized carbons (Fsp3) is 0.250. The Balaban J connectivity index is 1.90. The van der Waals surface area contributed by atoms with Gasteiger partial charge in [0.1, 0.15) is 0 Å². The van der Waals surface area contributed by atoms with Gasteiger partial charge in [-0.15, -0.1) is 0 Å². The van der Waals surface area contributed by atoms with Gasteiger partial charge in [0.15, 0.2) is 0 Å². The first kappa shape index (κ1) is 10.4.